The molecule has 4 nitrogen and oxygen atoms in total. The van der Waals surface area contributed by atoms with Gasteiger partial charge in [-0.1, -0.05) is 41.4 Å². The standard InChI is InChI=1S/C14H11Cl2N3OS/c15-11-7-6-9(8-12(11)16)13(20)18-19-14(21)17-10-4-2-1-3-5-10/h1-8H,(H,18,20)(H2,17,19,21). The summed E-state index contributed by atoms with van der Waals surface area (Å²) in [5.74, 6) is -0.370. The molecule has 0 spiro atoms. The van der Waals surface area contributed by atoms with Crippen molar-refractivity contribution in [2.75, 3.05) is 5.32 Å². The molecule has 0 aliphatic heterocycles. The van der Waals surface area contributed by atoms with Crippen molar-refractivity contribution in [1.82, 2.24) is 10.9 Å². The summed E-state index contributed by atoms with van der Waals surface area (Å²) in [4.78, 5) is 11.9. The second kappa shape index (κ2) is 7.26. The van der Waals surface area contributed by atoms with Crippen molar-refractivity contribution >= 4 is 52.1 Å². The second-order valence-electron chi connectivity index (χ2n) is 4.03. The first-order valence-corrected chi connectivity index (χ1v) is 7.10. The lowest BCUT2D eigenvalue weighted by Crippen LogP contribution is -2.43. The number of hydrogen-bond donors (Lipinski definition) is 3. The summed E-state index contributed by atoms with van der Waals surface area (Å²) in [7, 11) is 0. The van der Waals surface area contributed by atoms with E-state index in [1.54, 1.807) is 12.1 Å². The molecule has 2 aromatic rings. The van der Waals surface area contributed by atoms with Gasteiger partial charge in [0.25, 0.3) is 5.91 Å². The third-order valence-corrected chi connectivity index (χ3v) is 3.45. The van der Waals surface area contributed by atoms with Crippen LogP contribution in [0.3, 0.4) is 0 Å². The van der Waals surface area contributed by atoms with Gasteiger partial charge in [-0.2, -0.15) is 0 Å². The molecule has 7 heteroatoms. The molecule has 0 saturated carbocycles. The monoisotopic (exact) mass is 339 g/mol. The molecule has 0 aliphatic rings. The quantitative estimate of drug-likeness (QED) is 0.577. The molecule has 0 fully saturated rings. The number of hydrogen-bond acceptors (Lipinski definition) is 2. The Morgan fingerprint density at radius 3 is 2.33 bits per heavy atom. The summed E-state index contributed by atoms with van der Waals surface area (Å²) in [6, 6.07) is 14.0. The number of thiocarbonyl (C=S) groups is 1. The number of para-hydroxylation sites is 1. The zero-order valence-electron chi connectivity index (χ0n) is 10.7. The van der Waals surface area contributed by atoms with Crippen LogP contribution in [-0.2, 0) is 0 Å². The minimum Gasteiger partial charge on any atom is -0.331 e. The Morgan fingerprint density at radius 2 is 1.67 bits per heavy atom. The van der Waals surface area contributed by atoms with Crippen LogP contribution in [0, 0.1) is 0 Å². The highest BCUT2D eigenvalue weighted by molar-refractivity contribution is 7.80. The van der Waals surface area contributed by atoms with Crippen molar-refractivity contribution in [2.45, 2.75) is 0 Å². The number of nitrogens with one attached hydrogen (secondary N) is 3. The van der Waals surface area contributed by atoms with Gasteiger partial charge in [0.2, 0.25) is 0 Å². The van der Waals surface area contributed by atoms with E-state index in [-0.39, 0.29) is 11.0 Å². The van der Waals surface area contributed by atoms with Crippen LogP contribution in [-0.4, -0.2) is 11.0 Å². The number of rotatable bonds is 2. The van der Waals surface area contributed by atoms with E-state index in [1.807, 2.05) is 30.3 Å². The lowest BCUT2D eigenvalue weighted by molar-refractivity contribution is 0.0944. The number of benzene rings is 2. The third kappa shape index (κ3) is 4.60. The van der Waals surface area contributed by atoms with Crippen molar-refractivity contribution in [1.29, 1.82) is 0 Å². The van der Waals surface area contributed by atoms with Crippen molar-refractivity contribution in [3.8, 4) is 0 Å². The number of carbonyl (C=O) groups is 1. The lowest BCUT2D eigenvalue weighted by Gasteiger charge is -2.11. The summed E-state index contributed by atoms with van der Waals surface area (Å²) >= 11 is 16.7. The normalized spacial score (nSPS) is 9.81. The van der Waals surface area contributed by atoms with Crippen LogP contribution in [0.1, 0.15) is 10.4 Å². The van der Waals surface area contributed by atoms with Crippen LogP contribution in [0.15, 0.2) is 48.5 Å². The highest BCUT2D eigenvalue weighted by Crippen LogP contribution is 2.22. The third-order valence-electron chi connectivity index (χ3n) is 2.50. The van der Waals surface area contributed by atoms with E-state index in [4.69, 9.17) is 35.4 Å². The van der Waals surface area contributed by atoms with Crippen molar-refractivity contribution in [3.05, 3.63) is 64.1 Å². The summed E-state index contributed by atoms with van der Waals surface area (Å²) in [6.07, 6.45) is 0. The molecule has 0 aliphatic carbocycles. The average molecular weight is 340 g/mol. The average Bonchev–Trinajstić information content (AvgIpc) is 2.48. The van der Waals surface area contributed by atoms with Crippen molar-refractivity contribution in [2.24, 2.45) is 0 Å². The van der Waals surface area contributed by atoms with Gasteiger partial charge < -0.3 is 5.32 Å². The molecule has 0 heterocycles. The fourth-order valence-corrected chi connectivity index (χ4v) is 1.97. The maximum Gasteiger partial charge on any atom is 0.269 e. The number of hydrazine groups is 1. The first kappa shape index (κ1) is 15.6. The number of halogens is 2. The Labute approximate surface area is 137 Å². The molecule has 0 radical (unpaired) electrons. The summed E-state index contributed by atoms with van der Waals surface area (Å²) in [5.41, 5.74) is 6.27. The molecular weight excluding hydrogens is 329 g/mol. The second-order valence-corrected chi connectivity index (χ2v) is 5.25. The topological polar surface area (TPSA) is 53.2 Å². The van der Waals surface area contributed by atoms with E-state index >= 15 is 0 Å². The van der Waals surface area contributed by atoms with E-state index in [9.17, 15) is 4.79 Å². The van der Waals surface area contributed by atoms with Gasteiger partial charge in [0.15, 0.2) is 5.11 Å². The molecule has 2 aromatic carbocycles. The molecule has 0 unspecified atom stereocenters. The summed E-state index contributed by atoms with van der Waals surface area (Å²) in [6.45, 7) is 0. The van der Waals surface area contributed by atoms with Gasteiger partial charge in [-0.3, -0.25) is 15.6 Å². The Kier molecular flexibility index (Phi) is 5.38. The van der Waals surface area contributed by atoms with Gasteiger partial charge in [0.1, 0.15) is 0 Å². The van der Waals surface area contributed by atoms with E-state index in [0.29, 0.717) is 15.6 Å². The molecule has 3 N–H and O–H groups in total. The molecule has 0 bridgehead atoms. The minimum atomic E-state index is -0.370. The predicted octanol–water partition coefficient (Wildman–Crippen LogP) is 3.62. The Bertz CT molecular complexity index is 665. The van der Waals surface area contributed by atoms with Crippen LogP contribution in [0.25, 0.3) is 0 Å². The van der Waals surface area contributed by atoms with Gasteiger partial charge in [0, 0.05) is 11.3 Å². The number of carbonyl (C=O) groups excluding carboxylic acids is 1. The fourth-order valence-electron chi connectivity index (χ4n) is 1.51. The van der Waals surface area contributed by atoms with Gasteiger partial charge in [-0.25, -0.2) is 0 Å². The summed E-state index contributed by atoms with van der Waals surface area (Å²) in [5, 5.41) is 3.91. The van der Waals surface area contributed by atoms with Crippen molar-refractivity contribution < 1.29 is 4.79 Å². The zero-order valence-corrected chi connectivity index (χ0v) is 13.0. The van der Waals surface area contributed by atoms with Gasteiger partial charge in [0.05, 0.1) is 10.0 Å². The Morgan fingerprint density at radius 1 is 0.952 bits per heavy atom. The molecule has 0 atom stereocenters. The number of anilines is 1. The van der Waals surface area contributed by atoms with Crippen LogP contribution >= 0.6 is 35.4 Å². The molecular formula is C14H11Cl2N3OS. The van der Waals surface area contributed by atoms with E-state index < -0.39 is 0 Å². The van der Waals surface area contributed by atoms with Crippen LogP contribution < -0.4 is 16.2 Å². The van der Waals surface area contributed by atoms with E-state index in [0.717, 1.165) is 5.69 Å². The molecule has 108 valence electrons. The smallest absolute Gasteiger partial charge is 0.269 e. The highest BCUT2D eigenvalue weighted by Gasteiger charge is 2.08. The number of amides is 1. The molecule has 21 heavy (non-hydrogen) atoms. The highest BCUT2D eigenvalue weighted by atomic mass is 35.5. The van der Waals surface area contributed by atoms with Gasteiger partial charge in [-0.05, 0) is 42.5 Å². The molecule has 1 amide bonds. The van der Waals surface area contributed by atoms with Crippen LogP contribution in [0.2, 0.25) is 10.0 Å². The Balaban J connectivity index is 1.89. The molecule has 2 rings (SSSR count). The first-order chi connectivity index (χ1) is 10.1. The van der Waals surface area contributed by atoms with Gasteiger partial charge in [-0.15, -0.1) is 0 Å². The van der Waals surface area contributed by atoms with E-state index in [1.165, 1.54) is 6.07 Å². The lowest BCUT2D eigenvalue weighted by atomic mass is 10.2. The van der Waals surface area contributed by atoms with Crippen LogP contribution in [0.5, 0.6) is 0 Å². The summed E-state index contributed by atoms with van der Waals surface area (Å²) < 4.78 is 0. The molecule has 0 saturated heterocycles. The van der Waals surface area contributed by atoms with E-state index in [2.05, 4.69) is 16.2 Å². The maximum atomic E-state index is 11.9. The SMILES string of the molecule is O=C(NNC(=S)Nc1ccccc1)c1ccc(Cl)c(Cl)c1. The predicted molar refractivity (Wildman–Crippen MR) is 89.7 cm³/mol. The zero-order chi connectivity index (χ0) is 15.2. The molecule has 0 aromatic heterocycles. The largest absolute Gasteiger partial charge is 0.331 e. The Hall–Kier alpha value is -1.82. The first-order valence-electron chi connectivity index (χ1n) is 5.93. The van der Waals surface area contributed by atoms with Crippen molar-refractivity contribution in [3.63, 3.8) is 0 Å². The fraction of sp³-hybridized carbons (Fsp3) is 0. The van der Waals surface area contributed by atoms with Gasteiger partial charge >= 0.3 is 0 Å². The minimum absolute atomic E-state index is 0.273. The van der Waals surface area contributed by atoms with Crippen LogP contribution in [0.4, 0.5) is 5.69 Å². The maximum absolute atomic E-state index is 11.9.